The van der Waals surface area contributed by atoms with Crippen molar-refractivity contribution in [1.29, 1.82) is 0 Å². The molecule has 1 nitrogen and oxygen atoms in total. The van der Waals surface area contributed by atoms with Gasteiger partial charge in [0.2, 0.25) is 0 Å². The minimum absolute atomic E-state index is 0.121. The van der Waals surface area contributed by atoms with E-state index in [4.69, 9.17) is 29.6 Å². The molecule has 0 saturated carbocycles. The number of rotatable bonds is 4. The zero-order valence-corrected chi connectivity index (χ0v) is 10.1. The first-order chi connectivity index (χ1) is 7.17. The first kappa shape index (κ1) is 12.4. The maximum atomic E-state index is 5.93. The second-order valence-electron chi connectivity index (χ2n) is 3.22. The summed E-state index contributed by atoms with van der Waals surface area (Å²) in [5.74, 6) is 2.64. The van der Waals surface area contributed by atoms with E-state index in [1.807, 2.05) is 19.1 Å². The average Bonchev–Trinajstić information content (AvgIpc) is 2.16. The van der Waals surface area contributed by atoms with Crippen LogP contribution >= 0.6 is 23.2 Å². The van der Waals surface area contributed by atoms with Gasteiger partial charge in [-0.1, -0.05) is 30.1 Å². The van der Waals surface area contributed by atoms with Crippen molar-refractivity contribution in [2.75, 3.05) is 6.54 Å². The Labute approximate surface area is 101 Å². The zero-order chi connectivity index (χ0) is 11.3. The maximum absolute atomic E-state index is 5.93. The summed E-state index contributed by atoms with van der Waals surface area (Å²) in [6.45, 7) is 2.89. The normalized spacial score (nSPS) is 12.1. The lowest BCUT2D eigenvalue weighted by atomic mass is 10.0. The van der Waals surface area contributed by atoms with Crippen LogP contribution in [-0.2, 0) is 0 Å². The van der Waals surface area contributed by atoms with E-state index in [-0.39, 0.29) is 6.04 Å². The lowest BCUT2D eigenvalue weighted by Gasteiger charge is -2.16. The third-order valence-corrected chi connectivity index (χ3v) is 2.50. The Kier molecular flexibility index (Phi) is 4.98. The Hall–Kier alpha value is -0.680. The van der Waals surface area contributed by atoms with Gasteiger partial charge in [0.15, 0.2) is 0 Å². The highest BCUT2D eigenvalue weighted by Crippen LogP contribution is 2.24. The van der Waals surface area contributed by atoms with E-state index in [0.29, 0.717) is 16.5 Å². The summed E-state index contributed by atoms with van der Waals surface area (Å²) in [7, 11) is 0. The van der Waals surface area contributed by atoms with Crippen LogP contribution in [0.4, 0.5) is 0 Å². The Morgan fingerprint density at radius 1 is 1.33 bits per heavy atom. The van der Waals surface area contributed by atoms with Gasteiger partial charge in [0.25, 0.3) is 0 Å². The highest BCUT2D eigenvalue weighted by Gasteiger charge is 2.10. The molecule has 0 aliphatic carbocycles. The molecule has 80 valence electrons. The van der Waals surface area contributed by atoms with E-state index in [1.54, 1.807) is 6.07 Å². The topological polar surface area (TPSA) is 12.0 Å². The summed E-state index contributed by atoms with van der Waals surface area (Å²) >= 11 is 11.9. The van der Waals surface area contributed by atoms with E-state index in [2.05, 4.69) is 11.2 Å². The van der Waals surface area contributed by atoms with Crippen LogP contribution in [-0.4, -0.2) is 6.54 Å². The van der Waals surface area contributed by atoms with Crippen molar-refractivity contribution in [2.45, 2.75) is 19.4 Å². The van der Waals surface area contributed by atoms with Crippen LogP contribution in [0.15, 0.2) is 18.2 Å². The molecule has 0 aliphatic heterocycles. The van der Waals surface area contributed by atoms with Gasteiger partial charge in [-0.25, -0.2) is 0 Å². The molecule has 1 unspecified atom stereocenters. The number of hydrogen-bond donors (Lipinski definition) is 1. The van der Waals surface area contributed by atoms with Gasteiger partial charge in [0.1, 0.15) is 0 Å². The van der Waals surface area contributed by atoms with Crippen molar-refractivity contribution in [2.24, 2.45) is 0 Å². The quantitative estimate of drug-likeness (QED) is 0.794. The van der Waals surface area contributed by atoms with E-state index < -0.39 is 0 Å². The molecule has 1 aromatic rings. The van der Waals surface area contributed by atoms with Gasteiger partial charge in [-0.3, -0.25) is 0 Å². The summed E-state index contributed by atoms with van der Waals surface area (Å²) in [6, 6.07) is 5.61. The second kappa shape index (κ2) is 6.02. The van der Waals surface area contributed by atoms with E-state index in [9.17, 15) is 0 Å². The minimum Gasteiger partial charge on any atom is -0.309 e. The van der Waals surface area contributed by atoms with Crippen LogP contribution in [0.5, 0.6) is 0 Å². The van der Waals surface area contributed by atoms with E-state index >= 15 is 0 Å². The molecular formula is C12H13Cl2N. The summed E-state index contributed by atoms with van der Waals surface area (Å²) in [5.41, 5.74) is 1.03. The number of nitrogens with one attached hydrogen (secondary N) is 1. The zero-order valence-electron chi connectivity index (χ0n) is 8.56. The fourth-order valence-electron chi connectivity index (χ4n) is 1.45. The smallest absolute Gasteiger partial charge is 0.0431 e. The molecule has 1 rings (SSSR count). The standard InChI is InChI=1S/C12H13Cl2N/c1-3-5-12(15-4-2)9-6-10(13)8-11(14)7-9/h1,6-8,12,15H,4-5H2,2H3. The Morgan fingerprint density at radius 2 is 1.93 bits per heavy atom. The van der Waals surface area contributed by atoms with Crippen LogP contribution in [0.2, 0.25) is 10.0 Å². The van der Waals surface area contributed by atoms with Crippen LogP contribution in [0, 0.1) is 12.3 Å². The van der Waals surface area contributed by atoms with Gasteiger partial charge >= 0.3 is 0 Å². The molecule has 0 aliphatic rings. The highest BCUT2D eigenvalue weighted by molar-refractivity contribution is 6.34. The Bertz CT molecular complexity index is 348. The molecule has 0 bridgehead atoms. The van der Waals surface area contributed by atoms with Crippen molar-refractivity contribution in [3.05, 3.63) is 33.8 Å². The largest absolute Gasteiger partial charge is 0.309 e. The van der Waals surface area contributed by atoms with Gasteiger partial charge in [-0.2, -0.15) is 0 Å². The molecule has 0 spiro atoms. The minimum atomic E-state index is 0.121. The van der Waals surface area contributed by atoms with Gasteiger partial charge in [-0.15, -0.1) is 12.3 Å². The first-order valence-corrected chi connectivity index (χ1v) is 5.55. The molecule has 1 N–H and O–H groups in total. The molecule has 1 aromatic carbocycles. The van der Waals surface area contributed by atoms with Gasteiger partial charge in [0, 0.05) is 22.5 Å². The molecule has 0 radical (unpaired) electrons. The van der Waals surface area contributed by atoms with Crippen LogP contribution in [0.1, 0.15) is 24.9 Å². The maximum Gasteiger partial charge on any atom is 0.0431 e. The van der Waals surface area contributed by atoms with Crippen LogP contribution in [0.3, 0.4) is 0 Å². The van der Waals surface area contributed by atoms with Crippen molar-refractivity contribution >= 4 is 23.2 Å². The lowest BCUT2D eigenvalue weighted by molar-refractivity contribution is 0.565. The van der Waals surface area contributed by atoms with Crippen molar-refractivity contribution < 1.29 is 0 Å². The second-order valence-corrected chi connectivity index (χ2v) is 4.09. The molecular weight excluding hydrogens is 229 g/mol. The molecule has 0 fully saturated rings. The summed E-state index contributed by atoms with van der Waals surface area (Å²) < 4.78 is 0. The SMILES string of the molecule is C#CCC(NCC)c1cc(Cl)cc(Cl)c1. The number of halogens is 2. The average molecular weight is 242 g/mol. The summed E-state index contributed by atoms with van der Waals surface area (Å²) in [4.78, 5) is 0. The van der Waals surface area contributed by atoms with Crippen LogP contribution in [0.25, 0.3) is 0 Å². The van der Waals surface area contributed by atoms with Gasteiger partial charge in [-0.05, 0) is 30.3 Å². The molecule has 0 aromatic heterocycles. The Morgan fingerprint density at radius 3 is 2.40 bits per heavy atom. The molecule has 0 heterocycles. The molecule has 0 amide bonds. The number of benzene rings is 1. The van der Waals surface area contributed by atoms with Gasteiger partial charge < -0.3 is 5.32 Å². The lowest BCUT2D eigenvalue weighted by Crippen LogP contribution is -2.20. The fourth-order valence-corrected chi connectivity index (χ4v) is 1.99. The van der Waals surface area contributed by atoms with Crippen molar-refractivity contribution in [3.63, 3.8) is 0 Å². The first-order valence-electron chi connectivity index (χ1n) is 4.80. The number of hydrogen-bond acceptors (Lipinski definition) is 1. The predicted octanol–water partition coefficient (Wildman–Crippen LogP) is 3.67. The van der Waals surface area contributed by atoms with Crippen LogP contribution < -0.4 is 5.32 Å². The third kappa shape index (κ3) is 3.76. The molecule has 1 atom stereocenters. The number of terminal acetylenes is 1. The monoisotopic (exact) mass is 241 g/mol. The van der Waals surface area contributed by atoms with Crippen molar-refractivity contribution in [1.82, 2.24) is 5.32 Å². The van der Waals surface area contributed by atoms with Crippen molar-refractivity contribution in [3.8, 4) is 12.3 Å². The van der Waals surface area contributed by atoms with Gasteiger partial charge in [0.05, 0.1) is 0 Å². The molecule has 0 saturated heterocycles. The summed E-state index contributed by atoms with van der Waals surface area (Å²) in [6.07, 6.45) is 5.95. The molecule has 15 heavy (non-hydrogen) atoms. The van der Waals surface area contributed by atoms with E-state index in [1.165, 1.54) is 0 Å². The fraction of sp³-hybridized carbons (Fsp3) is 0.333. The molecule has 3 heteroatoms. The summed E-state index contributed by atoms with van der Waals surface area (Å²) in [5, 5.41) is 4.57. The Balaban J connectivity index is 2.95. The predicted molar refractivity (Wildman–Crippen MR) is 66.3 cm³/mol. The third-order valence-electron chi connectivity index (χ3n) is 2.06. The highest BCUT2D eigenvalue weighted by atomic mass is 35.5. The van der Waals surface area contributed by atoms with E-state index in [0.717, 1.165) is 12.1 Å².